The summed E-state index contributed by atoms with van der Waals surface area (Å²) in [6.45, 7) is 7.41. The Labute approximate surface area is 134 Å². The Hall–Kier alpha value is -1.35. The summed E-state index contributed by atoms with van der Waals surface area (Å²) in [6, 6.07) is 11.6. The minimum Gasteiger partial charge on any atom is -0.339 e. The summed E-state index contributed by atoms with van der Waals surface area (Å²) in [4.78, 5) is 17.2. The van der Waals surface area contributed by atoms with Crippen LogP contribution in [-0.2, 0) is 11.2 Å². The summed E-state index contributed by atoms with van der Waals surface area (Å²) in [6.07, 6.45) is 4.54. The predicted molar refractivity (Wildman–Crippen MR) is 89.7 cm³/mol. The molecule has 2 aliphatic rings. The third kappa shape index (κ3) is 3.35. The summed E-state index contributed by atoms with van der Waals surface area (Å²) >= 11 is 0. The van der Waals surface area contributed by atoms with Crippen molar-refractivity contribution in [3.05, 3.63) is 35.9 Å². The first kappa shape index (κ1) is 15.5. The lowest BCUT2D eigenvalue weighted by Gasteiger charge is -2.46. The van der Waals surface area contributed by atoms with Gasteiger partial charge in [-0.15, -0.1) is 0 Å². The number of nitrogens with zero attached hydrogens (tertiary/aromatic N) is 2. The number of carbonyl (C=O) groups is 1. The van der Waals surface area contributed by atoms with Crippen molar-refractivity contribution in [1.82, 2.24) is 9.80 Å². The molecular formula is C19H28N2O. The van der Waals surface area contributed by atoms with Gasteiger partial charge in [-0.3, -0.25) is 9.69 Å². The molecule has 2 fully saturated rings. The van der Waals surface area contributed by atoms with Gasteiger partial charge in [0, 0.05) is 37.6 Å². The van der Waals surface area contributed by atoms with E-state index in [4.69, 9.17) is 0 Å². The largest absolute Gasteiger partial charge is 0.339 e. The molecule has 1 saturated heterocycles. The van der Waals surface area contributed by atoms with Gasteiger partial charge >= 0.3 is 0 Å². The van der Waals surface area contributed by atoms with Gasteiger partial charge < -0.3 is 4.90 Å². The average molecular weight is 300 g/mol. The van der Waals surface area contributed by atoms with Gasteiger partial charge in [-0.1, -0.05) is 36.8 Å². The Morgan fingerprint density at radius 1 is 1.09 bits per heavy atom. The van der Waals surface area contributed by atoms with Crippen LogP contribution in [0.4, 0.5) is 0 Å². The zero-order chi connectivity index (χ0) is 15.5. The fraction of sp³-hybridized carbons (Fsp3) is 0.632. The molecule has 1 aliphatic carbocycles. The van der Waals surface area contributed by atoms with Crippen LogP contribution in [0.5, 0.6) is 0 Å². The van der Waals surface area contributed by atoms with Crippen molar-refractivity contribution in [3.8, 4) is 0 Å². The molecule has 3 heteroatoms. The topological polar surface area (TPSA) is 23.6 Å². The molecule has 3 rings (SSSR count). The average Bonchev–Trinajstić information content (AvgIpc) is 2.45. The Bertz CT molecular complexity index is 485. The summed E-state index contributed by atoms with van der Waals surface area (Å²) in [5.41, 5.74) is 1.40. The highest BCUT2D eigenvalue weighted by molar-refractivity contribution is 5.79. The third-order valence-corrected chi connectivity index (χ3v) is 5.37. The second-order valence-electron chi connectivity index (χ2n) is 7.04. The molecule has 120 valence electrons. The normalized spacial score (nSPS) is 26.7. The van der Waals surface area contributed by atoms with E-state index in [1.165, 1.54) is 12.0 Å². The molecule has 1 aromatic rings. The molecule has 0 aromatic heterocycles. The van der Waals surface area contributed by atoms with Crippen molar-refractivity contribution < 1.29 is 4.79 Å². The van der Waals surface area contributed by atoms with E-state index in [0.717, 1.165) is 38.9 Å². The molecular weight excluding hydrogens is 272 g/mol. The van der Waals surface area contributed by atoms with Gasteiger partial charge in [0.05, 0.1) is 0 Å². The van der Waals surface area contributed by atoms with Gasteiger partial charge in [0.25, 0.3) is 0 Å². The van der Waals surface area contributed by atoms with Gasteiger partial charge in [0.2, 0.25) is 5.91 Å². The first-order valence-electron chi connectivity index (χ1n) is 8.73. The monoisotopic (exact) mass is 300 g/mol. The van der Waals surface area contributed by atoms with Gasteiger partial charge in [0.15, 0.2) is 0 Å². The van der Waals surface area contributed by atoms with Crippen molar-refractivity contribution >= 4 is 5.91 Å². The summed E-state index contributed by atoms with van der Waals surface area (Å²) < 4.78 is 0. The van der Waals surface area contributed by atoms with Crippen molar-refractivity contribution in [1.29, 1.82) is 0 Å². The molecule has 1 saturated carbocycles. The molecule has 0 bridgehead atoms. The van der Waals surface area contributed by atoms with Crippen LogP contribution in [0.15, 0.2) is 30.3 Å². The highest BCUT2D eigenvalue weighted by atomic mass is 16.2. The predicted octanol–water partition coefficient (Wildman–Crippen LogP) is 2.95. The number of benzene rings is 1. The Morgan fingerprint density at radius 2 is 1.73 bits per heavy atom. The minimum absolute atomic E-state index is 0.329. The molecule has 1 heterocycles. The van der Waals surface area contributed by atoms with Crippen molar-refractivity contribution in [2.24, 2.45) is 5.92 Å². The fourth-order valence-electron chi connectivity index (χ4n) is 3.79. The SMILES string of the molecule is CC1CN(C(=O)C2CCC2)CC(C)N1CCc1ccccc1. The number of carbonyl (C=O) groups excluding carboxylic acids is 1. The van der Waals surface area contributed by atoms with Gasteiger partial charge in [-0.2, -0.15) is 0 Å². The quantitative estimate of drug-likeness (QED) is 0.853. The second kappa shape index (κ2) is 6.82. The maximum atomic E-state index is 12.5. The van der Waals surface area contributed by atoms with E-state index in [2.05, 4.69) is 54.0 Å². The van der Waals surface area contributed by atoms with Gasteiger partial charge in [0.1, 0.15) is 0 Å². The molecule has 1 amide bonds. The van der Waals surface area contributed by atoms with E-state index in [-0.39, 0.29) is 0 Å². The number of hydrogen-bond donors (Lipinski definition) is 0. The van der Waals surface area contributed by atoms with Crippen LogP contribution < -0.4 is 0 Å². The van der Waals surface area contributed by atoms with E-state index in [0.29, 0.717) is 23.9 Å². The second-order valence-corrected chi connectivity index (χ2v) is 7.04. The van der Waals surface area contributed by atoms with Gasteiger partial charge in [-0.25, -0.2) is 0 Å². The maximum Gasteiger partial charge on any atom is 0.225 e. The van der Waals surface area contributed by atoms with Crippen molar-refractivity contribution in [3.63, 3.8) is 0 Å². The third-order valence-electron chi connectivity index (χ3n) is 5.37. The smallest absolute Gasteiger partial charge is 0.225 e. The molecule has 22 heavy (non-hydrogen) atoms. The fourth-order valence-corrected chi connectivity index (χ4v) is 3.79. The lowest BCUT2D eigenvalue weighted by molar-refractivity contribution is -0.142. The first-order chi connectivity index (χ1) is 10.6. The van der Waals surface area contributed by atoms with Crippen LogP contribution >= 0.6 is 0 Å². The zero-order valence-corrected chi connectivity index (χ0v) is 13.9. The van der Waals surface area contributed by atoms with E-state index in [9.17, 15) is 4.79 Å². The Kier molecular flexibility index (Phi) is 4.82. The molecule has 2 unspecified atom stereocenters. The van der Waals surface area contributed by atoms with Crippen molar-refractivity contribution in [2.45, 2.75) is 51.6 Å². The molecule has 0 N–H and O–H groups in total. The standard InChI is InChI=1S/C19H28N2O/c1-15-13-20(19(22)18-9-6-10-18)14-16(2)21(15)12-11-17-7-4-3-5-8-17/h3-5,7-8,15-16,18H,6,9-14H2,1-2H3. The van der Waals surface area contributed by atoms with Crippen LogP contribution in [0.25, 0.3) is 0 Å². The number of amides is 1. The van der Waals surface area contributed by atoms with Crippen LogP contribution in [0.3, 0.4) is 0 Å². The first-order valence-corrected chi connectivity index (χ1v) is 8.73. The van der Waals surface area contributed by atoms with Crippen LogP contribution in [0, 0.1) is 5.92 Å². The number of piperazine rings is 1. The Morgan fingerprint density at radius 3 is 2.27 bits per heavy atom. The zero-order valence-electron chi connectivity index (χ0n) is 13.9. The number of hydrogen-bond acceptors (Lipinski definition) is 2. The Balaban J connectivity index is 1.55. The molecule has 2 atom stereocenters. The van der Waals surface area contributed by atoms with Crippen LogP contribution in [0.2, 0.25) is 0 Å². The summed E-state index contributed by atoms with van der Waals surface area (Å²) in [5.74, 6) is 0.739. The lowest BCUT2D eigenvalue weighted by atomic mass is 9.84. The minimum atomic E-state index is 0.329. The van der Waals surface area contributed by atoms with E-state index in [1.54, 1.807) is 0 Å². The van der Waals surface area contributed by atoms with Crippen molar-refractivity contribution in [2.75, 3.05) is 19.6 Å². The van der Waals surface area contributed by atoms with E-state index < -0.39 is 0 Å². The van der Waals surface area contributed by atoms with E-state index >= 15 is 0 Å². The van der Waals surface area contributed by atoms with Gasteiger partial charge in [-0.05, 0) is 38.7 Å². The lowest BCUT2D eigenvalue weighted by Crippen LogP contribution is -2.59. The highest BCUT2D eigenvalue weighted by Crippen LogP contribution is 2.29. The summed E-state index contributed by atoms with van der Waals surface area (Å²) in [5, 5.41) is 0. The maximum absolute atomic E-state index is 12.5. The molecule has 1 aliphatic heterocycles. The van der Waals surface area contributed by atoms with Crippen LogP contribution in [0.1, 0.15) is 38.7 Å². The molecule has 0 spiro atoms. The number of rotatable bonds is 4. The molecule has 1 aromatic carbocycles. The molecule has 0 radical (unpaired) electrons. The highest BCUT2D eigenvalue weighted by Gasteiger charge is 2.35. The summed E-state index contributed by atoms with van der Waals surface area (Å²) in [7, 11) is 0. The molecule has 3 nitrogen and oxygen atoms in total. The van der Waals surface area contributed by atoms with E-state index in [1.807, 2.05) is 0 Å². The van der Waals surface area contributed by atoms with Crippen LogP contribution in [-0.4, -0.2) is 47.4 Å².